The van der Waals surface area contributed by atoms with Gasteiger partial charge < -0.3 is 10.5 Å². The number of nitrogens with two attached hydrogens (primary N) is 1. The van der Waals surface area contributed by atoms with E-state index in [0.717, 1.165) is 18.9 Å². The Morgan fingerprint density at radius 2 is 2.00 bits per heavy atom. The van der Waals surface area contributed by atoms with Crippen LogP contribution in [-0.4, -0.2) is 7.11 Å². The standard InChI is InChI=1S/C13H16F3NO.ClH/c1-18-9-4-5-10(11(7-9)13(14,15)16)12(17)6-8-2-3-8;/h4-5,7-8,12H,2-3,6,17H2,1H3;1H/t12-;/m0./s1. The fourth-order valence-electron chi connectivity index (χ4n) is 2.07. The summed E-state index contributed by atoms with van der Waals surface area (Å²) < 4.78 is 43.7. The van der Waals surface area contributed by atoms with E-state index >= 15 is 0 Å². The Bertz CT molecular complexity index is 432. The van der Waals surface area contributed by atoms with E-state index in [4.69, 9.17) is 10.5 Å². The third-order valence-corrected chi connectivity index (χ3v) is 3.25. The summed E-state index contributed by atoms with van der Waals surface area (Å²) in [7, 11) is 1.35. The normalized spacial score (nSPS) is 16.7. The Morgan fingerprint density at radius 1 is 1.37 bits per heavy atom. The van der Waals surface area contributed by atoms with Gasteiger partial charge in [-0.05, 0) is 30.0 Å². The van der Waals surface area contributed by atoms with E-state index < -0.39 is 17.8 Å². The minimum Gasteiger partial charge on any atom is -0.497 e. The molecule has 0 spiro atoms. The van der Waals surface area contributed by atoms with Crippen molar-refractivity contribution < 1.29 is 17.9 Å². The average Bonchev–Trinajstić information content (AvgIpc) is 3.11. The summed E-state index contributed by atoms with van der Waals surface area (Å²) in [5.41, 5.74) is 5.36. The van der Waals surface area contributed by atoms with Crippen molar-refractivity contribution in [1.29, 1.82) is 0 Å². The first-order valence-electron chi connectivity index (χ1n) is 5.92. The molecule has 1 aliphatic carbocycles. The van der Waals surface area contributed by atoms with Gasteiger partial charge in [-0.25, -0.2) is 0 Å². The van der Waals surface area contributed by atoms with Gasteiger partial charge in [0.2, 0.25) is 0 Å². The molecule has 108 valence electrons. The zero-order valence-electron chi connectivity index (χ0n) is 10.5. The van der Waals surface area contributed by atoms with Crippen molar-refractivity contribution in [2.75, 3.05) is 7.11 Å². The van der Waals surface area contributed by atoms with Gasteiger partial charge in [0.25, 0.3) is 0 Å². The van der Waals surface area contributed by atoms with Crippen LogP contribution in [0.15, 0.2) is 18.2 Å². The van der Waals surface area contributed by atoms with E-state index in [9.17, 15) is 13.2 Å². The Balaban J connectivity index is 0.00000180. The van der Waals surface area contributed by atoms with Crippen LogP contribution in [0.5, 0.6) is 5.75 Å². The van der Waals surface area contributed by atoms with Crippen molar-refractivity contribution in [3.63, 3.8) is 0 Å². The number of hydrogen-bond donors (Lipinski definition) is 1. The highest BCUT2D eigenvalue weighted by Gasteiger charge is 2.36. The largest absolute Gasteiger partial charge is 0.497 e. The summed E-state index contributed by atoms with van der Waals surface area (Å²) in [4.78, 5) is 0. The zero-order chi connectivity index (χ0) is 13.3. The average molecular weight is 296 g/mol. The van der Waals surface area contributed by atoms with Crippen molar-refractivity contribution in [1.82, 2.24) is 0 Å². The molecule has 1 atom stereocenters. The minimum atomic E-state index is -4.40. The van der Waals surface area contributed by atoms with E-state index in [1.807, 2.05) is 0 Å². The molecule has 0 radical (unpaired) electrons. The SMILES string of the molecule is COc1ccc([C@@H](N)CC2CC2)c(C(F)(F)F)c1.Cl. The van der Waals surface area contributed by atoms with Crippen LogP contribution in [0.25, 0.3) is 0 Å². The van der Waals surface area contributed by atoms with Crippen LogP contribution in [0.2, 0.25) is 0 Å². The van der Waals surface area contributed by atoms with Crippen LogP contribution in [0, 0.1) is 5.92 Å². The van der Waals surface area contributed by atoms with E-state index in [1.54, 1.807) is 0 Å². The second kappa shape index (κ2) is 6.01. The summed E-state index contributed by atoms with van der Waals surface area (Å²) in [6, 6.07) is 3.41. The van der Waals surface area contributed by atoms with Gasteiger partial charge in [-0.1, -0.05) is 18.9 Å². The first-order chi connectivity index (χ1) is 8.41. The van der Waals surface area contributed by atoms with Crippen LogP contribution < -0.4 is 10.5 Å². The minimum absolute atomic E-state index is 0. The molecule has 0 bridgehead atoms. The van der Waals surface area contributed by atoms with Crippen molar-refractivity contribution in [3.8, 4) is 5.75 Å². The molecule has 2 rings (SSSR count). The number of methoxy groups -OCH3 is 1. The summed E-state index contributed by atoms with van der Waals surface area (Å²) in [6.07, 6.45) is -1.63. The number of halogens is 4. The Morgan fingerprint density at radius 3 is 2.47 bits per heavy atom. The maximum atomic E-state index is 13.0. The predicted octanol–water partition coefficient (Wildman–Crippen LogP) is 3.94. The number of ether oxygens (including phenoxy) is 1. The zero-order valence-corrected chi connectivity index (χ0v) is 11.4. The number of hydrogen-bond acceptors (Lipinski definition) is 2. The number of alkyl halides is 3. The first kappa shape index (κ1) is 16.1. The maximum Gasteiger partial charge on any atom is 0.416 e. The molecule has 0 aromatic heterocycles. The summed E-state index contributed by atoms with van der Waals surface area (Å²) >= 11 is 0. The third kappa shape index (κ3) is 4.01. The molecule has 1 aromatic carbocycles. The fourth-order valence-corrected chi connectivity index (χ4v) is 2.07. The Labute approximate surface area is 116 Å². The number of benzene rings is 1. The molecule has 6 heteroatoms. The second-order valence-electron chi connectivity index (χ2n) is 4.74. The summed E-state index contributed by atoms with van der Waals surface area (Å²) in [5.74, 6) is 0.688. The predicted molar refractivity (Wildman–Crippen MR) is 69.5 cm³/mol. The van der Waals surface area contributed by atoms with Gasteiger partial charge in [0, 0.05) is 6.04 Å². The maximum absolute atomic E-state index is 13.0. The van der Waals surface area contributed by atoms with Gasteiger partial charge in [-0.2, -0.15) is 13.2 Å². The molecule has 1 saturated carbocycles. The van der Waals surface area contributed by atoms with E-state index in [-0.39, 0.29) is 23.7 Å². The van der Waals surface area contributed by atoms with Crippen molar-refractivity contribution in [3.05, 3.63) is 29.3 Å². The smallest absolute Gasteiger partial charge is 0.416 e. The molecule has 0 aliphatic heterocycles. The third-order valence-electron chi connectivity index (χ3n) is 3.25. The second-order valence-corrected chi connectivity index (χ2v) is 4.74. The molecule has 2 nitrogen and oxygen atoms in total. The quantitative estimate of drug-likeness (QED) is 0.913. The lowest BCUT2D eigenvalue weighted by Crippen LogP contribution is -2.18. The molecule has 0 heterocycles. The van der Waals surface area contributed by atoms with E-state index in [2.05, 4.69) is 0 Å². The van der Waals surface area contributed by atoms with Crippen molar-refractivity contribution in [2.24, 2.45) is 11.7 Å². The van der Waals surface area contributed by atoms with Gasteiger partial charge >= 0.3 is 6.18 Å². The Kier molecular flexibility index (Phi) is 5.10. The monoisotopic (exact) mass is 295 g/mol. The fraction of sp³-hybridized carbons (Fsp3) is 0.538. The number of rotatable bonds is 4. The molecule has 0 amide bonds. The lowest BCUT2D eigenvalue weighted by Gasteiger charge is -2.19. The van der Waals surface area contributed by atoms with Gasteiger partial charge in [0.05, 0.1) is 12.7 Å². The lowest BCUT2D eigenvalue weighted by molar-refractivity contribution is -0.138. The molecular weight excluding hydrogens is 279 g/mol. The summed E-state index contributed by atoms with van der Waals surface area (Å²) in [6.45, 7) is 0. The molecule has 1 aliphatic rings. The van der Waals surface area contributed by atoms with Gasteiger partial charge in [0.15, 0.2) is 0 Å². The molecule has 0 saturated heterocycles. The molecule has 1 fully saturated rings. The lowest BCUT2D eigenvalue weighted by atomic mass is 9.96. The van der Waals surface area contributed by atoms with Crippen LogP contribution in [0.4, 0.5) is 13.2 Å². The topological polar surface area (TPSA) is 35.2 Å². The highest BCUT2D eigenvalue weighted by atomic mass is 35.5. The van der Waals surface area contributed by atoms with Gasteiger partial charge in [0.1, 0.15) is 5.75 Å². The molecule has 19 heavy (non-hydrogen) atoms. The van der Waals surface area contributed by atoms with Gasteiger partial charge in [-0.3, -0.25) is 0 Å². The molecule has 1 aromatic rings. The molecular formula is C13H17ClF3NO. The van der Waals surface area contributed by atoms with Crippen molar-refractivity contribution in [2.45, 2.75) is 31.5 Å². The van der Waals surface area contributed by atoms with Crippen LogP contribution in [-0.2, 0) is 6.18 Å². The van der Waals surface area contributed by atoms with E-state index in [0.29, 0.717) is 12.3 Å². The first-order valence-corrected chi connectivity index (χ1v) is 5.92. The van der Waals surface area contributed by atoms with E-state index in [1.165, 1.54) is 19.2 Å². The molecule has 2 N–H and O–H groups in total. The highest BCUT2D eigenvalue weighted by molar-refractivity contribution is 5.85. The van der Waals surface area contributed by atoms with Gasteiger partial charge in [-0.15, -0.1) is 12.4 Å². The van der Waals surface area contributed by atoms with Crippen LogP contribution >= 0.6 is 12.4 Å². The Hall–Kier alpha value is -0.940. The van der Waals surface area contributed by atoms with Crippen LogP contribution in [0.3, 0.4) is 0 Å². The van der Waals surface area contributed by atoms with Crippen LogP contribution in [0.1, 0.15) is 36.4 Å². The highest BCUT2D eigenvalue weighted by Crippen LogP contribution is 2.41. The molecule has 0 unspecified atom stereocenters. The summed E-state index contributed by atoms with van der Waals surface area (Å²) in [5, 5.41) is 0. The van der Waals surface area contributed by atoms with Crippen molar-refractivity contribution >= 4 is 12.4 Å².